The van der Waals surface area contributed by atoms with Crippen LogP contribution in [0.3, 0.4) is 0 Å². The lowest BCUT2D eigenvalue weighted by Gasteiger charge is -2.25. The van der Waals surface area contributed by atoms with Crippen LogP contribution in [0.15, 0.2) is 71.9 Å². The van der Waals surface area contributed by atoms with Crippen LogP contribution in [-0.2, 0) is 17.6 Å². The molecule has 0 radical (unpaired) electrons. The molecular weight excluding hydrogens is 507 g/mol. The van der Waals surface area contributed by atoms with E-state index in [-0.39, 0.29) is 18.7 Å². The summed E-state index contributed by atoms with van der Waals surface area (Å²) in [5.41, 5.74) is 0.805. The maximum atomic E-state index is 14.3. The Bertz CT molecular complexity index is 1260. The number of oxime groups is 1. The van der Waals surface area contributed by atoms with Crippen LogP contribution in [0.1, 0.15) is 33.5 Å². The Balaban J connectivity index is 1.53. The fourth-order valence-electron chi connectivity index (χ4n) is 3.66. The van der Waals surface area contributed by atoms with Crippen LogP contribution in [-0.4, -0.2) is 29.2 Å². The molecule has 1 unspecified atom stereocenters. The summed E-state index contributed by atoms with van der Waals surface area (Å²) in [5, 5.41) is 4.83. The first-order chi connectivity index (χ1) is 16.6. The Kier molecular flexibility index (Phi) is 7.33. The molecule has 3 aromatic rings. The summed E-state index contributed by atoms with van der Waals surface area (Å²) in [6.45, 7) is -0.0181. The van der Waals surface area contributed by atoms with Gasteiger partial charge >= 0.3 is 6.18 Å². The first-order valence-electron chi connectivity index (χ1n) is 10.5. The van der Waals surface area contributed by atoms with Crippen molar-refractivity contribution in [2.24, 2.45) is 5.16 Å². The van der Waals surface area contributed by atoms with Gasteiger partial charge in [0.15, 0.2) is 6.10 Å². The zero-order valence-electron chi connectivity index (χ0n) is 18.0. The SMILES string of the molecule is O=C(c1ccccc1F)N(Cc1ccc(C(F)(F)F)cc1)CC1CC(c2ccc(Cl)c(Cl)c2)=NO1. The van der Waals surface area contributed by atoms with Crippen molar-refractivity contribution >= 4 is 34.8 Å². The van der Waals surface area contributed by atoms with E-state index < -0.39 is 29.6 Å². The second kappa shape index (κ2) is 10.3. The van der Waals surface area contributed by atoms with Crippen molar-refractivity contribution < 1.29 is 27.2 Å². The van der Waals surface area contributed by atoms with Crippen molar-refractivity contribution in [1.82, 2.24) is 4.90 Å². The first-order valence-corrected chi connectivity index (χ1v) is 11.3. The van der Waals surface area contributed by atoms with Gasteiger partial charge in [-0.2, -0.15) is 13.2 Å². The molecule has 0 N–H and O–H groups in total. The van der Waals surface area contributed by atoms with Gasteiger partial charge in [-0.1, -0.05) is 58.7 Å². The largest absolute Gasteiger partial charge is 0.416 e. The molecule has 0 bridgehead atoms. The number of alkyl halides is 3. The second-order valence-electron chi connectivity index (χ2n) is 7.96. The predicted octanol–water partition coefficient (Wildman–Crippen LogP) is 6.99. The molecule has 10 heteroatoms. The van der Waals surface area contributed by atoms with E-state index in [1.165, 1.54) is 41.3 Å². The molecule has 0 aromatic heterocycles. The Hall–Kier alpha value is -3.10. The van der Waals surface area contributed by atoms with Crippen molar-refractivity contribution in [3.63, 3.8) is 0 Å². The van der Waals surface area contributed by atoms with Crippen molar-refractivity contribution in [2.45, 2.75) is 25.2 Å². The van der Waals surface area contributed by atoms with Gasteiger partial charge in [0.2, 0.25) is 0 Å². The van der Waals surface area contributed by atoms with Crippen molar-refractivity contribution in [3.05, 3.63) is 105 Å². The smallest absolute Gasteiger partial charge is 0.390 e. The lowest BCUT2D eigenvalue weighted by molar-refractivity contribution is -0.137. The molecule has 182 valence electrons. The lowest BCUT2D eigenvalue weighted by atomic mass is 10.0. The van der Waals surface area contributed by atoms with E-state index in [1.54, 1.807) is 18.2 Å². The standard InChI is InChI=1S/C25H18Cl2F4N2O2/c26-20-10-7-16(11-21(20)27)23-12-18(35-32-23)14-33(24(34)19-3-1-2-4-22(19)28)13-15-5-8-17(9-6-15)25(29,30)31/h1-11,18H,12-14H2. The molecule has 1 aliphatic heterocycles. The monoisotopic (exact) mass is 524 g/mol. The number of halogens is 6. The zero-order chi connectivity index (χ0) is 25.2. The lowest BCUT2D eigenvalue weighted by Crippen LogP contribution is -2.37. The van der Waals surface area contributed by atoms with Gasteiger partial charge in [0, 0.05) is 18.5 Å². The highest BCUT2D eigenvalue weighted by Gasteiger charge is 2.31. The summed E-state index contributed by atoms with van der Waals surface area (Å²) in [7, 11) is 0. The summed E-state index contributed by atoms with van der Waals surface area (Å²) in [4.78, 5) is 20.0. The molecule has 3 aromatic carbocycles. The van der Waals surface area contributed by atoms with Gasteiger partial charge in [-0.15, -0.1) is 0 Å². The number of carbonyl (C=O) groups excluding carboxylic acids is 1. The van der Waals surface area contributed by atoms with Crippen LogP contribution in [0.5, 0.6) is 0 Å². The highest BCUT2D eigenvalue weighted by atomic mass is 35.5. The second-order valence-corrected chi connectivity index (χ2v) is 8.77. The van der Waals surface area contributed by atoms with E-state index in [1.807, 2.05) is 0 Å². The summed E-state index contributed by atoms with van der Waals surface area (Å²) in [6.07, 6.45) is -4.69. The summed E-state index contributed by atoms with van der Waals surface area (Å²) in [6, 6.07) is 15.0. The van der Waals surface area contributed by atoms with E-state index in [2.05, 4.69) is 5.16 Å². The van der Waals surface area contributed by atoms with Gasteiger partial charge in [0.1, 0.15) is 5.82 Å². The van der Waals surface area contributed by atoms with Crippen molar-refractivity contribution in [1.29, 1.82) is 0 Å². The quantitative estimate of drug-likeness (QED) is 0.326. The van der Waals surface area contributed by atoms with Gasteiger partial charge in [0.05, 0.1) is 33.4 Å². The predicted molar refractivity (Wildman–Crippen MR) is 125 cm³/mol. The molecule has 0 aliphatic carbocycles. The first kappa shape index (κ1) is 25.0. The van der Waals surface area contributed by atoms with Crippen LogP contribution in [0.4, 0.5) is 17.6 Å². The third-order valence-electron chi connectivity index (χ3n) is 5.46. The van der Waals surface area contributed by atoms with Crippen LogP contribution in [0, 0.1) is 5.82 Å². The Morgan fingerprint density at radius 1 is 1.03 bits per heavy atom. The van der Waals surface area contributed by atoms with E-state index in [4.69, 9.17) is 28.0 Å². The third kappa shape index (κ3) is 5.94. The zero-order valence-corrected chi connectivity index (χ0v) is 19.5. The third-order valence-corrected chi connectivity index (χ3v) is 6.20. The molecule has 35 heavy (non-hydrogen) atoms. The van der Waals surface area contributed by atoms with Gasteiger partial charge < -0.3 is 9.74 Å². The normalized spacial score (nSPS) is 15.5. The number of benzene rings is 3. The van der Waals surface area contributed by atoms with E-state index in [0.717, 1.165) is 12.1 Å². The Morgan fingerprint density at radius 2 is 1.74 bits per heavy atom. The molecular formula is C25H18Cl2F4N2O2. The number of nitrogens with zero attached hydrogens (tertiary/aromatic N) is 2. The highest BCUT2D eigenvalue weighted by Crippen LogP contribution is 2.30. The molecule has 0 spiro atoms. The van der Waals surface area contributed by atoms with E-state index in [0.29, 0.717) is 33.3 Å². The molecule has 1 atom stereocenters. The van der Waals surface area contributed by atoms with Crippen LogP contribution < -0.4 is 0 Å². The average Bonchev–Trinajstić information content (AvgIpc) is 3.29. The number of carbonyl (C=O) groups is 1. The molecule has 0 saturated heterocycles. The summed E-state index contributed by atoms with van der Waals surface area (Å²) in [5.74, 6) is -1.32. The Morgan fingerprint density at radius 3 is 2.40 bits per heavy atom. The fraction of sp³-hybridized carbons (Fsp3) is 0.200. The minimum absolute atomic E-state index is 0.0303. The van der Waals surface area contributed by atoms with Gasteiger partial charge in [-0.05, 0) is 42.0 Å². The summed E-state index contributed by atoms with van der Waals surface area (Å²) < 4.78 is 53.1. The van der Waals surface area contributed by atoms with Crippen LogP contribution in [0.2, 0.25) is 10.0 Å². The number of rotatable bonds is 6. The van der Waals surface area contributed by atoms with Crippen molar-refractivity contribution in [3.8, 4) is 0 Å². The maximum absolute atomic E-state index is 14.3. The number of amides is 1. The molecule has 1 amide bonds. The van der Waals surface area contributed by atoms with Crippen molar-refractivity contribution in [2.75, 3.05) is 6.54 Å². The molecule has 4 rings (SSSR count). The van der Waals surface area contributed by atoms with Gasteiger partial charge in [-0.3, -0.25) is 4.79 Å². The number of hydrogen-bond donors (Lipinski definition) is 0. The highest BCUT2D eigenvalue weighted by molar-refractivity contribution is 6.42. The summed E-state index contributed by atoms with van der Waals surface area (Å²) >= 11 is 12.0. The molecule has 0 fully saturated rings. The molecule has 1 heterocycles. The minimum atomic E-state index is -4.48. The average molecular weight is 525 g/mol. The van der Waals surface area contributed by atoms with Crippen LogP contribution >= 0.6 is 23.2 Å². The van der Waals surface area contributed by atoms with Gasteiger partial charge in [-0.25, -0.2) is 4.39 Å². The van der Waals surface area contributed by atoms with E-state index >= 15 is 0 Å². The molecule has 4 nitrogen and oxygen atoms in total. The molecule has 1 aliphatic rings. The fourth-order valence-corrected chi connectivity index (χ4v) is 3.96. The maximum Gasteiger partial charge on any atom is 0.416 e. The Labute approximate surface area is 208 Å². The molecule has 0 saturated carbocycles. The number of hydrogen-bond acceptors (Lipinski definition) is 3. The minimum Gasteiger partial charge on any atom is -0.390 e. The van der Waals surface area contributed by atoms with Gasteiger partial charge in [0.25, 0.3) is 5.91 Å². The van der Waals surface area contributed by atoms with Crippen LogP contribution in [0.25, 0.3) is 0 Å². The van der Waals surface area contributed by atoms with E-state index in [9.17, 15) is 22.4 Å². The topological polar surface area (TPSA) is 41.9 Å².